The number of Topliss-reactive ketones (excluding diaryl/α,β-unsaturated/α-hetero) is 1. The lowest BCUT2D eigenvalue weighted by Crippen LogP contribution is -2.14. The maximum absolute atomic E-state index is 13.1. The van der Waals surface area contributed by atoms with Crippen LogP contribution in [-0.2, 0) is 14.4 Å². The molecule has 41 heavy (non-hydrogen) atoms. The van der Waals surface area contributed by atoms with Gasteiger partial charge in [0.2, 0.25) is 5.78 Å². The maximum Gasteiger partial charge on any atom is 0.337 e. The molecule has 0 fully saturated rings. The summed E-state index contributed by atoms with van der Waals surface area (Å²) >= 11 is 0. The van der Waals surface area contributed by atoms with Gasteiger partial charge in [-0.2, -0.15) is 0 Å². The van der Waals surface area contributed by atoms with Crippen LogP contribution in [0.3, 0.4) is 0 Å². The van der Waals surface area contributed by atoms with Gasteiger partial charge in [-0.1, -0.05) is 42.4 Å². The number of nitrogens with zero attached hydrogens (tertiary/aromatic N) is 2. The largest absolute Gasteiger partial charge is 0.465 e. The van der Waals surface area contributed by atoms with E-state index in [4.69, 9.17) is 9.57 Å². The zero-order valence-electron chi connectivity index (χ0n) is 22.7. The van der Waals surface area contributed by atoms with Crippen molar-refractivity contribution in [1.29, 1.82) is 0 Å². The van der Waals surface area contributed by atoms with Crippen molar-refractivity contribution in [3.8, 4) is 5.69 Å². The molecule has 1 heterocycles. The fourth-order valence-corrected chi connectivity index (χ4v) is 4.75. The summed E-state index contributed by atoms with van der Waals surface area (Å²) < 4.78 is 6.79. The summed E-state index contributed by atoms with van der Waals surface area (Å²) in [6.07, 6.45) is 0.312. The molecule has 0 bridgehead atoms. The molecule has 4 aromatic carbocycles. The van der Waals surface area contributed by atoms with Crippen molar-refractivity contribution in [2.45, 2.75) is 20.3 Å². The van der Waals surface area contributed by atoms with Crippen molar-refractivity contribution in [2.75, 3.05) is 7.11 Å². The third-order valence-corrected chi connectivity index (χ3v) is 6.77. The van der Waals surface area contributed by atoms with Gasteiger partial charge < -0.3 is 14.1 Å². The first kappa shape index (κ1) is 27.2. The molecule has 0 N–H and O–H groups in total. The van der Waals surface area contributed by atoms with E-state index in [-0.39, 0.29) is 17.3 Å². The molecule has 0 radical (unpaired) electrons. The third-order valence-electron chi connectivity index (χ3n) is 6.77. The molecule has 5 aromatic rings. The average molecular weight is 547 g/mol. The van der Waals surface area contributed by atoms with Gasteiger partial charge in [0.15, 0.2) is 5.78 Å². The number of oxime groups is 1. The van der Waals surface area contributed by atoms with Crippen molar-refractivity contribution < 1.29 is 28.8 Å². The van der Waals surface area contributed by atoms with E-state index in [0.29, 0.717) is 28.7 Å². The number of ether oxygens (including phenoxy) is 1. The fraction of sp³-hybridized carbons (Fsp3) is 0.121. The topological polar surface area (TPSA) is 104 Å². The van der Waals surface area contributed by atoms with Gasteiger partial charge >= 0.3 is 11.9 Å². The third kappa shape index (κ3) is 5.27. The van der Waals surface area contributed by atoms with Crippen molar-refractivity contribution in [1.82, 2.24) is 4.57 Å². The Balaban J connectivity index is 1.51. The van der Waals surface area contributed by atoms with Crippen LogP contribution >= 0.6 is 0 Å². The lowest BCUT2D eigenvalue weighted by molar-refractivity contribution is -0.140. The van der Waals surface area contributed by atoms with Crippen LogP contribution in [0.25, 0.3) is 27.5 Å². The van der Waals surface area contributed by atoms with Crippen LogP contribution in [-0.4, -0.2) is 40.9 Å². The van der Waals surface area contributed by atoms with Gasteiger partial charge in [0.25, 0.3) is 0 Å². The number of esters is 1. The van der Waals surface area contributed by atoms with Gasteiger partial charge in [-0.15, -0.1) is 0 Å². The summed E-state index contributed by atoms with van der Waals surface area (Å²) in [5, 5.41) is 5.57. The predicted octanol–water partition coefficient (Wildman–Crippen LogP) is 6.31. The minimum absolute atomic E-state index is 0.156. The Morgan fingerprint density at radius 2 is 1.32 bits per heavy atom. The van der Waals surface area contributed by atoms with Gasteiger partial charge in [-0.05, 0) is 67.1 Å². The van der Waals surface area contributed by atoms with Crippen molar-refractivity contribution >= 4 is 51.0 Å². The molecule has 0 saturated carbocycles. The zero-order valence-corrected chi connectivity index (χ0v) is 22.7. The number of hydrogen-bond acceptors (Lipinski definition) is 7. The Labute approximate surface area is 235 Å². The predicted molar refractivity (Wildman–Crippen MR) is 156 cm³/mol. The number of methoxy groups -OCH3 is 1. The second kappa shape index (κ2) is 11.4. The van der Waals surface area contributed by atoms with Crippen LogP contribution in [0.4, 0.5) is 0 Å². The quantitative estimate of drug-likeness (QED) is 0.0742. The molecule has 0 saturated heterocycles. The zero-order chi connectivity index (χ0) is 29.1. The molecule has 0 aliphatic rings. The summed E-state index contributed by atoms with van der Waals surface area (Å²) in [7, 11) is 1.31. The molecule has 8 heteroatoms. The number of benzene rings is 4. The minimum Gasteiger partial charge on any atom is -0.465 e. The first-order valence-electron chi connectivity index (χ1n) is 13.0. The van der Waals surface area contributed by atoms with E-state index >= 15 is 0 Å². The van der Waals surface area contributed by atoms with Gasteiger partial charge in [0.1, 0.15) is 5.71 Å². The Bertz CT molecular complexity index is 1850. The molecule has 0 spiro atoms. The number of carbonyl (C=O) groups excluding carboxylic acids is 4. The molecule has 1 aromatic heterocycles. The molecule has 204 valence electrons. The molecule has 0 atom stereocenters. The number of ketones is 2. The van der Waals surface area contributed by atoms with E-state index in [2.05, 4.69) is 9.72 Å². The summed E-state index contributed by atoms with van der Waals surface area (Å²) in [4.78, 5) is 53.8. The van der Waals surface area contributed by atoms with Crippen LogP contribution in [0.2, 0.25) is 0 Å². The number of para-hydroxylation sites is 1. The first-order chi connectivity index (χ1) is 19.8. The number of carbonyl (C=O) groups is 4. The number of aromatic nitrogens is 1. The molecule has 8 nitrogen and oxygen atoms in total. The van der Waals surface area contributed by atoms with Crippen LogP contribution in [0.5, 0.6) is 0 Å². The highest BCUT2D eigenvalue weighted by molar-refractivity contribution is 6.46. The smallest absolute Gasteiger partial charge is 0.337 e. The molecule has 0 aliphatic carbocycles. The molecule has 0 amide bonds. The van der Waals surface area contributed by atoms with E-state index in [0.717, 1.165) is 27.5 Å². The van der Waals surface area contributed by atoms with Gasteiger partial charge in [0, 0.05) is 40.1 Å². The fourth-order valence-electron chi connectivity index (χ4n) is 4.75. The molecular weight excluding hydrogens is 520 g/mol. The standard InChI is InChI=1S/C33H26N2O6/c1-4-28(34-41-20(2)36)32(38)24-15-18-30-27(19-24)26-7-5-6-8-29(26)35(30)25-16-13-22(14-17-25)31(37)21-9-11-23(12-10-21)33(39)40-3/h5-19H,4H2,1-3H3. The Morgan fingerprint density at radius 3 is 1.95 bits per heavy atom. The lowest BCUT2D eigenvalue weighted by atomic mass is 10.0. The van der Waals surface area contributed by atoms with Crippen LogP contribution in [0.1, 0.15) is 56.9 Å². The molecule has 0 aliphatic heterocycles. The van der Waals surface area contributed by atoms with Crippen LogP contribution in [0, 0.1) is 0 Å². The van der Waals surface area contributed by atoms with Crippen LogP contribution in [0.15, 0.2) is 96.2 Å². The van der Waals surface area contributed by atoms with E-state index < -0.39 is 11.9 Å². The molecular formula is C33H26N2O6. The average Bonchev–Trinajstić information content (AvgIpc) is 3.34. The monoisotopic (exact) mass is 546 g/mol. The highest BCUT2D eigenvalue weighted by Gasteiger charge is 2.18. The maximum atomic E-state index is 13.1. The van der Waals surface area contributed by atoms with Crippen molar-refractivity contribution in [3.63, 3.8) is 0 Å². The minimum atomic E-state index is -0.591. The Hall–Kier alpha value is -5.37. The van der Waals surface area contributed by atoms with E-state index in [1.165, 1.54) is 14.0 Å². The highest BCUT2D eigenvalue weighted by atomic mass is 16.7. The summed E-state index contributed by atoms with van der Waals surface area (Å²) in [5.74, 6) is -1.53. The van der Waals surface area contributed by atoms with Crippen LogP contribution < -0.4 is 0 Å². The van der Waals surface area contributed by atoms with Gasteiger partial charge in [0.05, 0.1) is 23.7 Å². The van der Waals surface area contributed by atoms with E-state index in [1.54, 1.807) is 49.4 Å². The Morgan fingerprint density at radius 1 is 0.732 bits per heavy atom. The van der Waals surface area contributed by atoms with Gasteiger partial charge in [-0.3, -0.25) is 9.59 Å². The van der Waals surface area contributed by atoms with Crippen molar-refractivity contribution in [2.24, 2.45) is 5.16 Å². The number of hydrogen-bond donors (Lipinski definition) is 0. The second-order valence-electron chi connectivity index (χ2n) is 9.33. The summed E-state index contributed by atoms with van der Waals surface area (Å²) in [6, 6.07) is 26.9. The van der Waals surface area contributed by atoms with E-state index in [9.17, 15) is 19.2 Å². The molecule has 0 unspecified atom stereocenters. The summed E-state index contributed by atoms with van der Waals surface area (Å²) in [6.45, 7) is 3.00. The van der Waals surface area contributed by atoms with Crippen molar-refractivity contribution in [3.05, 3.63) is 113 Å². The lowest BCUT2D eigenvalue weighted by Gasteiger charge is -2.10. The number of fused-ring (bicyclic) bond motifs is 3. The second-order valence-corrected chi connectivity index (χ2v) is 9.33. The van der Waals surface area contributed by atoms with Gasteiger partial charge in [-0.25, -0.2) is 9.59 Å². The van der Waals surface area contributed by atoms with E-state index in [1.807, 2.05) is 48.5 Å². The Kier molecular flexibility index (Phi) is 7.56. The normalized spacial score (nSPS) is 11.4. The number of rotatable bonds is 8. The highest BCUT2D eigenvalue weighted by Crippen LogP contribution is 2.33. The first-order valence-corrected chi connectivity index (χ1v) is 13.0. The summed E-state index contributed by atoms with van der Waals surface area (Å²) in [5.41, 5.74) is 4.60. The SMILES string of the molecule is CCC(=NOC(C)=O)C(=O)c1ccc2c(c1)c1ccccc1n2-c1ccc(C(=O)c2ccc(C(=O)OC)cc2)cc1. The molecule has 5 rings (SSSR count).